The molecule has 1 aliphatic carbocycles. The van der Waals surface area contributed by atoms with Crippen LogP contribution in [0.1, 0.15) is 23.2 Å². The molecule has 156 valence electrons. The van der Waals surface area contributed by atoms with E-state index in [1.807, 2.05) is 0 Å². The zero-order valence-corrected chi connectivity index (χ0v) is 20.1. The van der Waals surface area contributed by atoms with Gasteiger partial charge in [0.05, 0.1) is 0 Å². The summed E-state index contributed by atoms with van der Waals surface area (Å²) in [6, 6.07) is 39.8. The predicted octanol–water partition coefficient (Wildman–Crippen LogP) is 6.52. The molecule has 0 N–H and O–H groups in total. The van der Waals surface area contributed by atoms with Crippen molar-refractivity contribution in [3.63, 3.8) is 0 Å². The van der Waals surface area contributed by atoms with Crippen LogP contribution in [0, 0.1) is 0 Å². The summed E-state index contributed by atoms with van der Waals surface area (Å²) < 4.78 is 5.65. The molecule has 0 bridgehead atoms. The number of methoxy groups -OCH3 is 1. The Bertz CT molecular complexity index is 1090. The standard InChI is InChI=1S/C28H26BrOP/c1-30-23-19-17-22-18-20-28(27(22)21-23)31(29,24-11-5-2-6-12-24,25-13-7-3-8-14-25)26-15-9-4-10-16-26/h2-17,19,21,28H,18,20H2,1H3. The van der Waals surface area contributed by atoms with Gasteiger partial charge in [-0.15, -0.1) is 0 Å². The molecule has 4 aromatic rings. The first-order valence-corrected chi connectivity index (χ1v) is 15.1. The minimum atomic E-state index is -3.05. The van der Waals surface area contributed by atoms with Crippen molar-refractivity contribution in [1.82, 2.24) is 0 Å². The van der Waals surface area contributed by atoms with E-state index in [4.69, 9.17) is 4.74 Å². The molecular weight excluding hydrogens is 463 g/mol. The van der Waals surface area contributed by atoms with Crippen molar-refractivity contribution in [2.45, 2.75) is 18.5 Å². The third-order valence-corrected chi connectivity index (χ3v) is 17.6. The third-order valence-electron chi connectivity index (χ3n) is 6.77. The van der Waals surface area contributed by atoms with E-state index in [2.05, 4.69) is 125 Å². The summed E-state index contributed by atoms with van der Waals surface area (Å²) in [5, 5.41) is 1.06. The normalized spacial score (nSPS) is 16.8. The van der Waals surface area contributed by atoms with Crippen LogP contribution in [0.5, 0.6) is 5.75 Å². The average Bonchev–Trinajstić information content (AvgIpc) is 3.29. The van der Waals surface area contributed by atoms with Gasteiger partial charge < -0.3 is 0 Å². The van der Waals surface area contributed by atoms with E-state index < -0.39 is 5.31 Å². The number of hydrogen-bond acceptors (Lipinski definition) is 1. The summed E-state index contributed by atoms with van der Waals surface area (Å²) >= 11 is 4.65. The summed E-state index contributed by atoms with van der Waals surface area (Å²) in [5.74, 6) is 0.928. The van der Waals surface area contributed by atoms with Crippen molar-refractivity contribution in [3.05, 3.63) is 120 Å². The van der Waals surface area contributed by atoms with Crippen molar-refractivity contribution < 1.29 is 4.74 Å². The van der Waals surface area contributed by atoms with Crippen molar-refractivity contribution in [1.29, 1.82) is 0 Å². The number of fused-ring (bicyclic) bond motifs is 1. The summed E-state index contributed by atoms with van der Waals surface area (Å²) in [4.78, 5) is 0. The first-order chi connectivity index (χ1) is 15.2. The molecule has 0 amide bonds. The molecule has 4 aromatic carbocycles. The van der Waals surface area contributed by atoms with Gasteiger partial charge >= 0.3 is 193 Å². The van der Waals surface area contributed by atoms with Crippen LogP contribution >= 0.6 is 20.8 Å². The van der Waals surface area contributed by atoms with Gasteiger partial charge in [0.25, 0.3) is 0 Å². The van der Waals surface area contributed by atoms with Crippen molar-refractivity contribution >= 4 is 36.7 Å². The Morgan fingerprint density at radius 3 is 1.65 bits per heavy atom. The number of hydrogen-bond donors (Lipinski definition) is 0. The maximum atomic E-state index is 5.65. The van der Waals surface area contributed by atoms with Gasteiger partial charge in [-0.2, -0.15) is 0 Å². The Hall–Kier alpha value is -2.41. The fourth-order valence-corrected chi connectivity index (χ4v) is 14.4. The zero-order valence-electron chi connectivity index (χ0n) is 17.6. The van der Waals surface area contributed by atoms with Crippen LogP contribution in [0.25, 0.3) is 0 Å². The number of benzene rings is 4. The summed E-state index contributed by atoms with van der Waals surface area (Å²) in [6.07, 6.45) is 2.18. The molecular formula is C28H26BrOP. The van der Waals surface area contributed by atoms with Crippen LogP contribution < -0.4 is 20.7 Å². The number of rotatable bonds is 5. The molecule has 3 heteroatoms. The van der Waals surface area contributed by atoms with E-state index in [0.29, 0.717) is 5.66 Å². The van der Waals surface area contributed by atoms with E-state index in [-0.39, 0.29) is 0 Å². The third kappa shape index (κ3) is 3.00. The summed E-state index contributed by atoms with van der Waals surface area (Å²) in [7, 11) is 1.76. The van der Waals surface area contributed by atoms with Crippen molar-refractivity contribution in [3.8, 4) is 5.75 Å². The van der Waals surface area contributed by atoms with Crippen LogP contribution in [0.2, 0.25) is 0 Å². The van der Waals surface area contributed by atoms with E-state index >= 15 is 0 Å². The first-order valence-electron chi connectivity index (χ1n) is 10.7. The number of halogens is 1. The fraction of sp³-hybridized carbons (Fsp3) is 0.143. The molecule has 0 heterocycles. The number of aryl methyl sites for hydroxylation is 1. The Balaban J connectivity index is 1.92. The first kappa shape index (κ1) is 20.5. The van der Waals surface area contributed by atoms with Gasteiger partial charge in [0, 0.05) is 0 Å². The predicted molar refractivity (Wildman–Crippen MR) is 138 cm³/mol. The van der Waals surface area contributed by atoms with Gasteiger partial charge in [0.1, 0.15) is 0 Å². The fourth-order valence-electron chi connectivity index (χ4n) is 5.33. The Morgan fingerprint density at radius 1 is 0.710 bits per heavy atom. The van der Waals surface area contributed by atoms with E-state index in [0.717, 1.165) is 18.6 Å². The molecule has 31 heavy (non-hydrogen) atoms. The molecule has 1 aliphatic rings. The SMILES string of the molecule is COc1ccc2c(c1)C(P(Br)(c1ccccc1)(c1ccccc1)c1ccccc1)CC2. The van der Waals surface area contributed by atoms with Crippen LogP contribution in [0.4, 0.5) is 0 Å². The van der Waals surface area contributed by atoms with Crippen LogP contribution in [-0.4, -0.2) is 7.11 Å². The van der Waals surface area contributed by atoms with E-state index in [1.165, 1.54) is 27.0 Å². The second-order valence-electron chi connectivity index (χ2n) is 8.20. The second kappa shape index (κ2) is 7.93. The van der Waals surface area contributed by atoms with Crippen LogP contribution in [0.3, 0.4) is 0 Å². The Kier molecular flexibility index (Phi) is 5.24. The van der Waals surface area contributed by atoms with Crippen molar-refractivity contribution in [2.24, 2.45) is 0 Å². The molecule has 0 saturated carbocycles. The second-order valence-corrected chi connectivity index (χ2v) is 16.9. The molecule has 5 rings (SSSR count). The van der Waals surface area contributed by atoms with Gasteiger partial charge in [-0.25, -0.2) is 0 Å². The molecule has 0 radical (unpaired) electrons. The molecule has 1 unspecified atom stereocenters. The molecule has 0 aromatic heterocycles. The molecule has 0 aliphatic heterocycles. The minimum absolute atomic E-state index is 0.322. The average molecular weight is 489 g/mol. The molecule has 1 nitrogen and oxygen atoms in total. The van der Waals surface area contributed by atoms with E-state index in [1.54, 1.807) is 7.11 Å². The Labute approximate surface area is 192 Å². The van der Waals surface area contributed by atoms with Crippen molar-refractivity contribution in [2.75, 3.05) is 7.11 Å². The van der Waals surface area contributed by atoms with E-state index in [9.17, 15) is 0 Å². The van der Waals surface area contributed by atoms with Gasteiger partial charge in [-0.3, -0.25) is 0 Å². The zero-order chi connectivity index (χ0) is 21.3. The van der Waals surface area contributed by atoms with Crippen LogP contribution in [-0.2, 0) is 6.42 Å². The molecule has 1 atom stereocenters. The number of ether oxygens (including phenoxy) is 1. The quantitative estimate of drug-likeness (QED) is 0.290. The molecule has 0 spiro atoms. The molecule has 0 fully saturated rings. The van der Waals surface area contributed by atoms with Gasteiger partial charge in [-0.05, 0) is 0 Å². The maximum absolute atomic E-state index is 5.65. The topological polar surface area (TPSA) is 9.23 Å². The van der Waals surface area contributed by atoms with Crippen LogP contribution in [0.15, 0.2) is 109 Å². The Morgan fingerprint density at radius 2 is 1.19 bits per heavy atom. The van der Waals surface area contributed by atoms with Gasteiger partial charge in [-0.1, -0.05) is 0 Å². The van der Waals surface area contributed by atoms with Gasteiger partial charge in [0.15, 0.2) is 0 Å². The monoisotopic (exact) mass is 488 g/mol. The van der Waals surface area contributed by atoms with Gasteiger partial charge in [0.2, 0.25) is 0 Å². The summed E-state index contributed by atoms with van der Waals surface area (Å²) in [5.41, 5.74) is 3.16. The molecule has 0 saturated heterocycles. The summed E-state index contributed by atoms with van der Waals surface area (Å²) in [6.45, 7) is 0.